The van der Waals surface area contributed by atoms with Crippen LogP contribution < -0.4 is 5.32 Å². The van der Waals surface area contributed by atoms with E-state index in [1.54, 1.807) is 12.1 Å². The lowest BCUT2D eigenvalue weighted by molar-refractivity contribution is 0.0971. The van der Waals surface area contributed by atoms with Gasteiger partial charge in [0.2, 0.25) is 0 Å². The van der Waals surface area contributed by atoms with E-state index in [0.717, 1.165) is 6.54 Å². The van der Waals surface area contributed by atoms with Gasteiger partial charge in [-0.05, 0) is 43.1 Å². The normalized spacial score (nSPS) is 15.2. The zero-order chi connectivity index (χ0) is 15.2. The first-order valence-corrected chi connectivity index (χ1v) is 8.15. The molecular weight excluding hydrogens is 280 g/mol. The lowest BCUT2D eigenvalue weighted by Crippen LogP contribution is -2.48. The molecule has 1 fully saturated rings. The Kier molecular flexibility index (Phi) is 5.74. The molecule has 1 aliphatic rings. The van der Waals surface area contributed by atoms with Crippen molar-refractivity contribution in [1.29, 1.82) is 0 Å². The lowest BCUT2D eigenvalue weighted by Gasteiger charge is -2.32. The van der Waals surface area contributed by atoms with E-state index < -0.39 is 0 Å². The van der Waals surface area contributed by atoms with Crippen LogP contribution >= 0.6 is 12.2 Å². The Labute approximate surface area is 132 Å². The average molecular weight is 304 g/mol. The largest absolute Gasteiger partial charge is 0.346 e. The zero-order valence-electron chi connectivity index (χ0n) is 12.8. The van der Waals surface area contributed by atoms with Crippen LogP contribution in [0.3, 0.4) is 0 Å². The maximum atomic E-state index is 12.2. The number of hydrogen-bond acceptors (Lipinski definition) is 2. The van der Waals surface area contributed by atoms with Gasteiger partial charge >= 0.3 is 0 Å². The van der Waals surface area contributed by atoms with E-state index in [9.17, 15) is 4.79 Å². The Balaban J connectivity index is 2.02. The second-order valence-corrected chi connectivity index (χ2v) is 6.50. The third-order valence-corrected chi connectivity index (χ3v) is 4.18. The predicted octanol–water partition coefficient (Wildman–Crippen LogP) is 3.60. The quantitative estimate of drug-likeness (QED) is 0.863. The molecule has 0 atom stereocenters. The molecule has 0 radical (unpaired) electrons. The number of carbonyl (C=O) groups excluding carboxylic acids is 1. The Hall–Kier alpha value is -1.42. The van der Waals surface area contributed by atoms with Gasteiger partial charge < -0.3 is 4.90 Å². The van der Waals surface area contributed by atoms with Gasteiger partial charge in [-0.2, -0.15) is 0 Å². The fourth-order valence-electron chi connectivity index (χ4n) is 2.84. The molecule has 0 heterocycles. The summed E-state index contributed by atoms with van der Waals surface area (Å²) < 4.78 is 0. The van der Waals surface area contributed by atoms with Crippen molar-refractivity contribution in [2.75, 3.05) is 6.54 Å². The van der Waals surface area contributed by atoms with Crippen LogP contribution in [0.5, 0.6) is 0 Å². The van der Waals surface area contributed by atoms with E-state index in [-0.39, 0.29) is 5.91 Å². The topological polar surface area (TPSA) is 32.3 Å². The highest BCUT2D eigenvalue weighted by atomic mass is 32.1. The van der Waals surface area contributed by atoms with Crippen molar-refractivity contribution >= 4 is 23.2 Å². The Bertz CT molecular complexity index is 481. The van der Waals surface area contributed by atoms with Crippen LogP contribution in [0.2, 0.25) is 0 Å². The number of nitrogens with zero attached hydrogens (tertiary/aromatic N) is 1. The molecular formula is C17H24N2OS. The molecule has 0 aliphatic heterocycles. The molecule has 0 bridgehead atoms. The summed E-state index contributed by atoms with van der Waals surface area (Å²) in [6.07, 6.45) is 4.87. The number of nitrogens with one attached hydrogen (secondary N) is 1. The number of hydrogen-bond donors (Lipinski definition) is 1. The van der Waals surface area contributed by atoms with Crippen LogP contribution in [0.15, 0.2) is 30.3 Å². The van der Waals surface area contributed by atoms with Crippen molar-refractivity contribution in [2.24, 2.45) is 5.92 Å². The second-order valence-electron chi connectivity index (χ2n) is 6.11. The average Bonchev–Trinajstić information content (AvgIpc) is 2.99. The SMILES string of the molecule is CC(C)CN(C(=S)NC(=O)c1ccccc1)C1CCCC1. The molecule has 1 N–H and O–H groups in total. The molecule has 0 unspecified atom stereocenters. The first-order chi connectivity index (χ1) is 10.1. The van der Waals surface area contributed by atoms with Crippen molar-refractivity contribution in [3.8, 4) is 0 Å². The summed E-state index contributed by atoms with van der Waals surface area (Å²) >= 11 is 5.50. The molecule has 3 nitrogen and oxygen atoms in total. The van der Waals surface area contributed by atoms with Gasteiger partial charge in [0.25, 0.3) is 5.91 Å². The fraction of sp³-hybridized carbons (Fsp3) is 0.529. The van der Waals surface area contributed by atoms with Gasteiger partial charge in [-0.15, -0.1) is 0 Å². The molecule has 4 heteroatoms. The summed E-state index contributed by atoms with van der Waals surface area (Å²) in [5.74, 6) is 0.407. The first kappa shape index (κ1) is 16.0. The van der Waals surface area contributed by atoms with E-state index in [2.05, 4.69) is 24.1 Å². The van der Waals surface area contributed by atoms with E-state index in [0.29, 0.717) is 22.6 Å². The van der Waals surface area contributed by atoms with Crippen LogP contribution in [-0.4, -0.2) is 28.5 Å². The number of rotatable bonds is 4. The lowest BCUT2D eigenvalue weighted by atomic mass is 10.1. The molecule has 1 aromatic carbocycles. The number of thiocarbonyl (C=S) groups is 1. The monoisotopic (exact) mass is 304 g/mol. The highest BCUT2D eigenvalue weighted by molar-refractivity contribution is 7.80. The standard InChI is InChI=1S/C17H24N2OS/c1-13(2)12-19(15-10-6-7-11-15)17(21)18-16(20)14-8-4-3-5-9-14/h3-5,8-9,13,15H,6-7,10-12H2,1-2H3,(H,18,20,21). The van der Waals surface area contributed by atoms with Crippen molar-refractivity contribution in [2.45, 2.75) is 45.6 Å². The van der Waals surface area contributed by atoms with Crippen LogP contribution in [0.1, 0.15) is 49.9 Å². The smallest absolute Gasteiger partial charge is 0.257 e. The van der Waals surface area contributed by atoms with Gasteiger partial charge in [-0.25, -0.2) is 0 Å². The van der Waals surface area contributed by atoms with Crippen molar-refractivity contribution in [3.05, 3.63) is 35.9 Å². The van der Waals surface area contributed by atoms with E-state index in [1.807, 2.05) is 18.2 Å². The molecule has 0 aromatic heterocycles. The predicted molar refractivity (Wildman–Crippen MR) is 90.3 cm³/mol. The molecule has 1 aromatic rings. The third-order valence-electron chi connectivity index (χ3n) is 3.84. The summed E-state index contributed by atoms with van der Waals surface area (Å²) in [5, 5.41) is 3.47. The number of carbonyl (C=O) groups is 1. The molecule has 0 spiro atoms. The Morgan fingerprint density at radius 1 is 1.29 bits per heavy atom. The summed E-state index contributed by atoms with van der Waals surface area (Å²) in [5.41, 5.74) is 0.649. The van der Waals surface area contributed by atoms with Crippen molar-refractivity contribution < 1.29 is 4.79 Å². The zero-order valence-corrected chi connectivity index (χ0v) is 13.7. The Morgan fingerprint density at radius 3 is 2.48 bits per heavy atom. The van der Waals surface area contributed by atoms with Gasteiger partial charge in [0.05, 0.1) is 0 Å². The molecule has 1 aliphatic carbocycles. The summed E-state index contributed by atoms with van der Waals surface area (Å²) in [7, 11) is 0. The van der Waals surface area contributed by atoms with Crippen molar-refractivity contribution in [1.82, 2.24) is 10.2 Å². The minimum atomic E-state index is -0.118. The maximum Gasteiger partial charge on any atom is 0.257 e. The second kappa shape index (κ2) is 7.55. The number of benzene rings is 1. The minimum absolute atomic E-state index is 0.118. The highest BCUT2D eigenvalue weighted by Gasteiger charge is 2.26. The van der Waals surface area contributed by atoms with Gasteiger partial charge in [0.15, 0.2) is 5.11 Å². The van der Waals surface area contributed by atoms with Gasteiger partial charge in [0, 0.05) is 18.2 Å². The fourth-order valence-corrected chi connectivity index (χ4v) is 3.15. The summed E-state index contributed by atoms with van der Waals surface area (Å²) in [4.78, 5) is 14.5. The van der Waals surface area contributed by atoms with E-state index in [4.69, 9.17) is 12.2 Å². The van der Waals surface area contributed by atoms with E-state index >= 15 is 0 Å². The molecule has 1 amide bonds. The Morgan fingerprint density at radius 2 is 1.90 bits per heavy atom. The third kappa shape index (κ3) is 4.53. The molecule has 0 saturated heterocycles. The molecule has 1 saturated carbocycles. The van der Waals surface area contributed by atoms with Gasteiger partial charge in [-0.3, -0.25) is 10.1 Å². The summed E-state index contributed by atoms with van der Waals surface area (Å²) in [6.45, 7) is 5.27. The van der Waals surface area contributed by atoms with E-state index in [1.165, 1.54) is 25.7 Å². The van der Waals surface area contributed by atoms with Gasteiger partial charge in [0.1, 0.15) is 0 Å². The van der Waals surface area contributed by atoms with Crippen molar-refractivity contribution in [3.63, 3.8) is 0 Å². The molecule has 21 heavy (non-hydrogen) atoms. The van der Waals surface area contributed by atoms with Crippen LogP contribution in [0.25, 0.3) is 0 Å². The molecule has 114 valence electrons. The van der Waals surface area contributed by atoms with Crippen LogP contribution in [0.4, 0.5) is 0 Å². The maximum absolute atomic E-state index is 12.2. The first-order valence-electron chi connectivity index (χ1n) is 7.75. The van der Waals surface area contributed by atoms with Gasteiger partial charge in [-0.1, -0.05) is 44.9 Å². The van der Waals surface area contributed by atoms with Crippen LogP contribution in [0, 0.1) is 5.92 Å². The summed E-state index contributed by atoms with van der Waals surface area (Å²) in [6, 6.07) is 9.72. The van der Waals surface area contributed by atoms with Crippen LogP contribution in [-0.2, 0) is 0 Å². The number of amides is 1. The molecule has 2 rings (SSSR count). The highest BCUT2D eigenvalue weighted by Crippen LogP contribution is 2.24. The minimum Gasteiger partial charge on any atom is -0.346 e.